The molecule has 0 bridgehead atoms. The van der Waals surface area contributed by atoms with E-state index in [4.69, 9.17) is 0 Å². The maximum atomic E-state index is 13.2. The van der Waals surface area contributed by atoms with E-state index in [0.717, 1.165) is 27.1 Å². The molecular weight excluding hydrogens is 554 g/mol. The van der Waals surface area contributed by atoms with Crippen LogP contribution < -0.4 is 5.32 Å². The van der Waals surface area contributed by atoms with Crippen LogP contribution in [0, 0.1) is 0 Å². The summed E-state index contributed by atoms with van der Waals surface area (Å²) in [5, 5.41) is 11.2. The molecule has 12 heteroatoms. The fourth-order valence-electron chi connectivity index (χ4n) is 4.40. The van der Waals surface area contributed by atoms with Crippen LogP contribution in [0.1, 0.15) is 46.0 Å². The molecule has 0 saturated heterocycles. The fourth-order valence-corrected chi connectivity index (χ4v) is 5.51. The van der Waals surface area contributed by atoms with Gasteiger partial charge in [0.05, 0.1) is 16.4 Å². The minimum absolute atomic E-state index is 0.0615. The number of imide groups is 1. The lowest BCUT2D eigenvalue weighted by Crippen LogP contribution is -2.55. The molecule has 1 heterocycles. The summed E-state index contributed by atoms with van der Waals surface area (Å²) < 4.78 is 0. The van der Waals surface area contributed by atoms with Gasteiger partial charge in [-0.1, -0.05) is 54.2 Å². The largest absolute Gasteiger partial charge is 0.480 e. The highest BCUT2D eigenvalue weighted by Crippen LogP contribution is 2.24. The summed E-state index contributed by atoms with van der Waals surface area (Å²) in [5.41, 5.74) is 1.38. The number of likely N-dealkylation sites (N-methyl/N-ethyl adjacent to an activating group) is 1. The maximum absolute atomic E-state index is 13.2. The van der Waals surface area contributed by atoms with Crippen molar-refractivity contribution >= 4 is 59.1 Å². The number of rotatable bonds is 13. The first-order valence-electron chi connectivity index (χ1n) is 12.6. The number of nitrogens with one attached hydrogen (secondary N) is 1. The van der Waals surface area contributed by atoms with E-state index >= 15 is 0 Å². The van der Waals surface area contributed by atoms with Crippen molar-refractivity contribution in [2.24, 2.45) is 0 Å². The molecule has 0 fully saturated rings. The van der Waals surface area contributed by atoms with Crippen molar-refractivity contribution in [3.05, 3.63) is 71.3 Å². The second-order valence-electron chi connectivity index (χ2n) is 9.28. The van der Waals surface area contributed by atoms with E-state index < -0.39 is 46.9 Å². The van der Waals surface area contributed by atoms with Crippen molar-refractivity contribution in [1.29, 1.82) is 0 Å². The summed E-state index contributed by atoms with van der Waals surface area (Å²) in [6, 6.07) is 13.1. The lowest BCUT2D eigenvalue weighted by atomic mass is 10.0. The Labute approximate surface area is 241 Å². The van der Waals surface area contributed by atoms with Crippen molar-refractivity contribution in [2.75, 3.05) is 19.3 Å². The van der Waals surface area contributed by atoms with Gasteiger partial charge in [-0.15, -0.1) is 0 Å². The van der Waals surface area contributed by atoms with Gasteiger partial charge in [-0.05, 0) is 30.5 Å². The van der Waals surface area contributed by atoms with Crippen LogP contribution in [0.4, 0.5) is 0 Å². The fraction of sp³-hybridized carbons (Fsp3) is 0.357. The van der Waals surface area contributed by atoms with Gasteiger partial charge >= 0.3 is 5.97 Å². The molecule has 4 amide bonds. The summed E-state index contributed by atoms with van der Waals surface area (Å²) in [5.74, 6) is -3.34. The number of nitrogens with zero attached hydrogens (tertiary/aromatic N) is 2. The number of aliphatic carboxylic acids is 1. The average Bonchev–Trinajstić information content (AvgIpc) is 3.18. The second kappa shape index (κ2) is 14.1. The molecule has 1 aliphatic rings. The third kappa shape index (κ3) is 7.51. The summed E-state index contributed by atoms with van der Waals surface area (Å²) in [6.07, 6.45) is 0.478. The van der Waals surface area contributed by atoms with Crippen LogP contribution in [-0.2, 0) is 25.6 Å². The number of thiol groups is 1. The van der Waals surface area contributed by atoms with E-state index in [0.29, 0.717) is 11.1 Å². The number of thioether (sulfide) groups is 1. The summed E-state index contributed by atoms with van der Waals surface area (Å²) in [6.45, 7) is 1.37. The van der Waals surface area contributed by atoms with Gasteiger partial charge in [0.25, 0.3) is 11.8 Å². The normalized spacial score (nSPS) is 14.7. The van der Waals surface area contributed by atoms with Gasteiger partial charge in [-0.3, -0.25) is 28.9 Å². The number of fused-ring (bicyclic) bond motifs is 1. The second-order valence-corrected chi connectivity index (χ2v) is 11.0. The highest BCUT2D eigenvalue weighted by atomic mass is 32.2. The van der Waals surface area contributed by atoms with E-state index in [2.05, 4.69) is 17.9 Å². The van der Waals surface area contributed by atoms with Gasteiger partial charge in [-0.2, -0.15) is 12.6 Å². The first kappa shape index (κ1) is 30.9. The molecule has 10 nitrogen and oxygen atoms in total. The Kier molecular flexibility index (Phi) is 10.9. The molecule has 2 N–H and O–H groups in total. The van der Waals surface area contributed by atoms with Crippen LogP contribution in [0.5, 0.6) is 0 Å². The van der Waals surface area contributed by atoms with E-state index in [-0.39, 0.29) is 36.7 Å². The van der Waals surface area contributed by atoms with Gasteiger partial charge in [0.2, 0.25) is 11.8 Å². The molecule has 212 valence electrons. The van der Waals surface area contributed by atoms with Crippen molar-refractivity contribution in [3.63, 3.8) is 0 Å². The Morgan fingerprint density at radius 2 is 1.57 bits per heavy atom. The molecule has 1 aliphatic heterocycles. The molecular formula is C28H31N3O7S2. The molecule has 3 rings (SSSR count). The Morgan fingerprint density at radius 3 is 2.10 bits per heavy atom. The Bertz CT molecular complexity index is 1250. The van der Waals surface area contributed by atoms with Gasteiger partial charge in [0.1, 0.15) is 12.1 Å². The number of hydrogen-bond donors (Lipinski definition) is 3. The number of carbonyl (C=O) groups is 6. The highest BCUT2D eigenvalue weighted by molar-refractivity contribution is 8.14. The van der Waals surface area contributed by atoms with Crippen LogP contribution in [0.2, 0.25) is 0 Å². The minimum Gasteiger partial charge on any atom is -0.480 e. The zero-order valence-corrected chi connectivity index (χ0v) is 23.8. The molecule has 0 aromatic heterocycles. The first-order valence-corrected chi connectivity index (χ1v) is 14.1. The number of carbonyl (C=O) groups excluding carboxylic acids is 5. The van der Waals surface area contributed by atoms with Gasteiger partial charge in [0.15, 0.2) is 5.12 Å². The minimum atomic E-state index is -1.19. The topological polar surface area (TPSA) is 141 Å². The summed E-state index contributed by atoms with van der Waals surface area (Å²) >= 11 is 4.97. The zero-order valence-electron chi connectivity index (χ0n) is 22.1. The molecule has 40 heavy (non-hydrogen) atoms. The Balaban J connectivity index is 1.63. The number of hydrogen-bond acceptors (Lipinski definition) is 8. The van der Waals surface area contributed by atoms with Crippen LogP contribution in [-0.4, -0.2) is 86.3 Å². The van der Waals surface area contributed by atoms with Crippen LogP contribution in [0.25, 0.3) is 0 Å². The van der Waals surface area contributed by atoms with Crippen molar-refractivity contribution in [1.82, 2.24) is 15.1 Å². The third-order valence-corrected chi connectivity index (χ3v) is 7.93. The number of carboxylic acid groups (broad SMARTS) is 1. The predicted octanol–water partition coefficient (Wildman–Crippen LogP) is 2.28. The SMILES string of the molecule is CC(=O)S[C@@H](CCCN1C(=O)c2ccccc2C1=O)C(=O)N[C@@H](CS)C(=O)N(C)[C@@H](Cc1ccccc1)C(=O)O. The maximum Gasteiger partial charge on any atom is 0.326 e. The van der Waals surface area contributed by atoms with Crippen molar-refractivity contribution < 1.29 is 33.9 Å². The Morgan fingerprint density at radius 1 is 1.00 bits per heavy atom. The lowest BCUT2D eigenvalue weighted by Gasteiger charge is -2.29. The highest BCUT2D eigenvalue weighted by Gasteiger charge is 2.36. The van der Waals surface area contributed by atoms with E-state index in [1.807, 2.05) is 0 Å². The van der Waals surface area contributed by atoms with E-state index in [1.54, 1.807) is 54.6 Å². The monoisotopic (exact) mass is 585 g/mol. The van der Waals surface area contributed by atoms with Gasteiger partial charge < -0.3 is 15.3 Å². The van der Waals surface area contributed by atoms with Gasteiger partial charge in [0, 0.05) is 32.7 Å². The zero-order chi connectivity index (χ0) is 29.4. The molecule has 0 radical (unpaired) electrons. The van der Waals surface area contributed by atoms with Crippen molar-refractivity contribution in [3.8, 4) is 0 Å². The number of amides is 4. The smallest absolute Gasteiger partial charge is 0.326 e. The molecule has 0 spiro atoms. The van der Waals surface area contributed by atoms with Crippen LogP contribution >= 0.6 is 24.4 Å². The van der Waals surface area contributed by atoms with Gasteiger partial charge in [-0.25, -0.2) is 4.79 Å². The molecule has 3 atom stereocenters. The average molecular weight is 586 g/mol. The molecule has 2 aromatic carbocycles. The first-order chi connectivity index (χ1) is 19.0. The summed E-state index contributed by atoms with van der Waals surface area (Å²) in [7, 11) is 1.36. The molecule has 2 aromatic rings. The number of carboxylic acids is 1. The van der Waals surface area contributed by atoms with E-state index in [9.17, 15) is 33.9 Å². The molecule has 0 saturated carbocycles. The van der Waals surface area contributed by atoms with E-state index in [1.165, 1.54) is 14.0 Å². The Hall–Kier alpha value is -3.64. The molecule has 0 unspecified atom stereocenters. The van der Waals surface area contributed by atoms with Crippen molar-refractivity contribution in [2.45, 2.75) is 43.5 Å². The van der Waals surface area contributed by atoms with Crippen LogP contribution in [0.15, 0.2) is 54.6 Å². The van der Waals surface area contributed by atoms with Crippen LogP contribution in [0.3, 0.4) is 0 Å². The summed E-state index contributed by atoms with van der Waals surface area (Å²) in [4.78, 5) is 77.6. The third-order valence-electron chi connectivity index (χ3n) is 6.50. The predicted molar refractivity (Wildman–Crippen MR) is 153 cm³/mol. The number of benzene rings is 2. The quantitative estimate of drug-likeness (QED) is 0.240. The molecule has 0 aliphatic carbocycles. The standard InChI is InChI=1S/C28H31N3O7S2/c1-17(32)40-23(13-8-14-31-25(34)19-11-6-7-12-20(19)26(31)35)24(33)29-21(16-39)27(36)30(2)22(28(37)38)15-18-9-4-3-5-10-18/h3-7,9-12,21-23,39H,8,13-16H2,1-2H3,(H,29,33)(H,37,38)/t21-,22-,23-/m0/s1. The lowest BCUT2D eigenvalue weighted by molar-refractivity contribution is -0.149.